The van der Waals surface area contributed by atoms with E-state index in [1.807, 2.05) is 43.3 Å². The number of para-hydroxylation sites is 1. The summed E-state index contributed by atoms with van der Waals surface area (Å²) in [6, 6.07) is 17.4. The molecule has 1 heterocycles. The van der Waals surface area contributed by atoms with Crippen molar-refractivity contribution in [2.45, 2.75) is 11.8 Å². The van der Waals surface area contributed by atoms with E-state index in [4.69, 9.17) is 4.74 Å². The average Bonchev–Trinajstić information content (AvgIpc) is 2.67. The van der Waals surface area contributed by atoms with Crippen molar-refractivity contribution in [1.29, 1.82) is 0 Å². The number of nitrogens with one attached hydrogen (secondary N) is 1. The van der Waals surface area contributed by atoms with Gasteiger partial charge in [0.15, 0.2) is 0 Å². The summed E-state index contributed by atoms with van der Waals surface area (Å²) >= 11 is 0. The van der Waals surface area contributed by atoms with Gasteiger partial charge in [-0.25, -0.2) is 8.42 Å². The summed E-state index contributed by atoms with van der Waals surface area (Å²) in [6.45, 7) is 1.92. The fourth-order valence-electron chi connectivity index (χ4n) is 2.55. The van der Waals surface area contributed by atoms with Gasteiger partial charge >= 0.3 is 0 Å². The molecular formula is C21H21ClN2O3S. The zero-order valence-electron chi connectivity index (χ0n) is 15.5. The molecule has 0 amide bonds. The number of hydrogen-bond donors (Lipinski definition) is 1. The van der Waals surface area contributed by atoms with Gasteiger partial charge in [0, 0.05) is 11.9 Å². The highest BCUT2D eigenvalue weighted by Gasteiger charge is 2.15. The Morgan fingerprint density at radius 3 is 2.39 bits per heavy atom. The van der Waals surface area contributed by atoms with Crippen LogP contribution in [0.15, 0.2) is 71.8 Å². The minimum Gasteiger partial charge on any atom is -0.497 e. The zero-order chi connectivity index (χ0) is 19.3. The Kier molecular flexibility index (Phi) is 7.20. The molecule has 1 N–H and O–H groups in total. The van der Waals surface area contributed by atoms with Crippen LogP contribution in [0, 0.1) is 6.92 Å². The van der Waals surface area contributed by atoms with Crippen molar-refractivity contribution >= 4 is 40.3 Å². The Labute approximate surface area is 171 Å². The second kappa shape index (κ2) is 9.39. The van der Waals surface area contributed by atoms with Crippen LogP contribution in [0.3, 0.4) is 0 Å². The second-order valence-electron chi connectivity index (χ2n) is 5.93. The fraction of sp³-hybridized carbons (Fsp3) is 0.0952. The molecule has 5 nitrogen and oxygen atoms in total. The van der Waals surface area contributed by atoms with Gasteiger partial charge in [0.2, 0.25) is 0 Å². The van der Waals surface area contributed by atoms with Gasteiger partial charge in [-0.1, -0.05) is 30.4 Å². The van der Waals surface area contributed by atoms with E-state index in [9.17, 15) is 8.42 Å². The molecule has 1 aromatic heterocycles. The lowest BCUT2D eigenvalue weighted by Crippen LogP contribution is -2.13. The van der Waals surface area contributed by atoms with Crippen molar-refractivity contribution in [2.24, 2.45) is 0 Å². The Morgan fingerprint density at radius 1 is 1.00 bits per heavy atom. The lowest BCUT2D eigenvalue weighted by molar-refractivity contribution is 0.414. The summed E-state index contributed by atoms with van der Waals surface area (Å²) in [4.78, 5) is 4.35. The molecule has 0 bridgehead atoms. The molecule has 0 spiro atoms. The first kappa shape index (κ1) is 21.5. The molecule has 0 radical (unpaired) electrons. The van der Waals surface area contributed by atoms with Crippen molar-refractivity contribution in [3.63, 3.8) is 0 Å². The van der Waals surface area contributed by atoms with E-state index in [1.54, 1.807) is 30.5 Å². The molecule has 3 rings (SSSR count). The highest BCUT2D eigenvalue weighted by atomic mass is 35.5. The summed E-state index contributed by atoms with van der Waals surface area (Å²) in [5.74, 6) is 0.602. The van der Waals surface area contributed by atoms with Crippen LogP contribution in [0.5, 0.6) is 5.75 Å². The van der Waals surface area contributed by atoms with Gasteiger partial charge in [-0.2, -0.15) is 0 Å². The largest absolute Gasteiger partial charge is 0.497 e. The van der Waals surface area contributed by atoms with Crippen LogP contribution in [-0.4, -0.2) is 20.5 Å². The molecule has 3 aromatic rings. The molecule has 0 saturated carbocycles. The van der Waals surface area contributed by atoms with Crippen LogP contribution in [0.1, 0.15) is 16.8 Å². The van der Waals surface area contributed by atoms with Gasteiger partial charge in [-0.05, 0) is 60.5 Å². The van der Waals surface area contributed by atoms with E-state index in [0.29, 0.717) is 11.4 Å². The third kappa shape index (κ3) is 5.34. The van der Waals surface area contributed by atoms with Crippen molar-refractivity contribution in [3.05, 3.63) is 83.7 Å². The number of aromatic nitrogens is 1. The number of anilines is 1. The van der Waals surface area contributed by atoms with Crippen LogP contribution < -0.4 is 9.46 Å². The molecule has 0 aliphatic carbocycles. The standard InChI is InChI=1S/C21H20N2O3S.ClH/c1-16-15-17(13-14-22-16)7-8-18-5-3-4-6-21(18)23-27(24,25)20-11-9-19(26-2)10-12-20;/h3-15,23H,1-2H3;1H. The van der Waals surface area contributed by atoms with Gasteiger partial charge in [0.25, 0.3) is 10.0 Å². The van der Waals surface area contributed by atoms with E-state index in [0.717, 1.165) is 16.8 Å². The van der Waals surface area contributed by atoms with Crippen LogP contribution >= 0.6 is 12.4 Å². The molecule has 0 unspecified atom stereocenters. The topological polar surface area (TPSA) is 68.3 Å². The van der Waals surface area contributed by atoms with Gasteiger partial charge in [0.05, 0.1) is 17.7 Å². The Bertz CT molecular complexity index is 1070. The van der Waals surface area contributed by atoms with Crippen molar-refractivity contribution in [2.75, 3.05) is 11.8 Å². The Hall–Kier alpha value is -2.83. The van der Waals surface area contributed by atoms with Crippen LogP contribution in [0.25, 0.3) is 12.2 Å². The molecule has 0 saturated heterocycles. The Morgan fingerprint density at radius 2 is 1.71 bits per heavy atom. The highest BCUT2D eigenvalue weighted by Crippen LogP contribution is 2.23. The number of ether oxygens (including phenoxy) is 1. The van der Waals surface area contributed by atoms with E-state index in [1.165, 1.54) is 19.2 Å². The summed E-state index contributed by atoms with van der Waals surface area (Å²) < 4.78 is 33.1. The SMILES string of the molecule is COc1ccc(S(=O)(=O)Nc2ccccc2C=Cc2ccnc(C)c2)cc1.Cl. The van der Waals surface area contributed by atoms with Gasteiger partial charge in [0.1, 0.15) is 5.75 Å². The predicted molar refractivity (Wildman–Crippen MR) is 115 cm³/mol. The van der Waals surface area contributed by atoms with E-state index in [2.05, 4.69) is 9.71 Å². The van der Waals surface area contributed by atoms with Gasteiger partial charge < -0.3 is 4.74 Å². The monoisotopic (exact) mass is 416 g/mol. The second-order valence-corrected chi connectivity index (χ2v) is 7.61. The smallest absolute Gasteiger partial charge is 0.261 e. The molecule has 0 aliphatic heterocycles. The highest BCUT2D eigenvalue weighted by molar-refractivity contribution is 7.92. The molecule has 2 aromatic carbocycles. The first-order valence-corrected chi connectivity index (χ1v) is 9.83. The number of rotatable bonds is 6. The maximum atomic E-state index is 12.7. The Balaban J connectivity index is 0.00000280. The first-order valence-electron chi connectivity index (χ1n) is 8.34. The number of halogens is 1. The minimum absolute atomic E-state index is 0. The van der Waals surface area contributed by atoms with Crippen LogP contribution in [-0.2, 0) is 10.0 Å². The first-order chi connectivity index (χ1) is 13.0. The van der Waals surface area contributed by atoms with E-state index >= 15 is 0 Å². The molecule has 0 fully saturated rings. The number of methoxy groups -OCH3 is 1. The van der Waals surface area contributed by atoms with Gasteiger partial charge in [-0.3, -0.25) is 9.71 Å². The number of aryl methyl sites for hydroxylation is 1. The minimum atomic E-state index is -3.70. The fourth-order valence-corrected chi connectivity index (χ4v) is 3.64. The molecule has 7 heteroatoms. The molecule has 146 valence electrons. The zero-order valence-corrected chi connectivity index (χ0v) is 17.1. The molecule has 28 heavy (non-hydrogen) atoms. The predicted octanol–water partition coefficient (Wildman–Crippen LogP) is 4.79. The summed E-state index contributed by atoms with van der Waals surface area (Å²) in [5, 5.41) is 0. The summed E-state index contributed by atoms with van der Waals surface area (Å²) in [5.41, 5.74) is 3.19. The third-order valence-corrected chi connectivity index (χ3v) is 5.33. The number of benzene rings is 2. The maximum Gasteiger partial charge on any atom is 0.261 e. The van der Waals surface area contributed by atoms with E-state index in [-0.39, 0.29) is 17.3 Å². The normalized spacial score (nSPS) is 11.1. The van der Waals surface area contributed by atoms with Crippen molar-refractivity contribution < 1.29 is 13.2 Å². The number of sulfonamides is 1. The van der Waals surface area contributed by atoms with Crippen LogP contribution in [0.2, 0.25) is 0 Å². The number of nitrogens with zero attached hydrogens (tertiary/aromatic N) is 1. The summed E-state index contributed by atoms with van der Waals surface area (Å²) in [7, 11) is -2.16. The molecule has 0 atom stereocenters. The van der Waals surface area contributed by atoms with Crippen LogP contribution in [0.4, 0.5) is 5.69 Å². The van der Waals surface area contributed by atoms with Gasteiger partial charge in [-0.15, -0.1) is 12.4 Å². The maximum absolute atomic E-state index is 12.7. The number of hydrogen-bond acceptors (Lipinski definition) is 4. The quantitative estimate of drug-likeness (QED) is 0.627. The summed E-state index contributed by atoms with van der Waals surface area (Å²) in [6.07, 6.45) is 5.54. The number of pyridine rings is 1. The van der Waals surface area contributed by atoms with E-state index < -0.39 is 10.0 Å². The third-order valence-electron chi connectivity index (χ3n) is 3.95. The van der Waals surface area contributed by atoms with Crippen molar-refractivity contribution in [1.82, 2.24) is 4.98 Å². The lowest BCUT2D eigenvalue weighted by Gasteiger charge is -2.11. The average molecular weight is 417 g/mol. The molecular weight excluding hydrogens is 396 g/mol. The van der Waals surface area contributed by atoms with Crippen molar-refractivity contribution in [3.8, 4) is 5.75 Å². The molecule has 0 aliphatic rings. The lowest BCUT2D eigenvalue weighted by atomic mass is 10.1.